The molecule has 1 amide bonds. The molecule has 9 heteroatoms. The monoisotopic (exact) mass is 449 g/mol. The number of benzene rings is 1. The first-order chi connectivity index (χ1) is 15.4. The maximum absolute atomic E-state index is 13.3. The van der Waals surface area contributed by atoms with Crippen molar-refractivity contribution in [2.75, 3.05) is 23.3 Å². The van der Waals surface area contributed by atoms with Gasteiger partial charge in [0.15, 0.2) is 0 Å². The molecule has 8 nitrogen and oxygen atoms in total. The number of nitrogens with one attached hydrogen (secondary N) is 1. The topological polar surface area (TPSA) is 97.3 Å². The number of para-hydroxylation sites is 1. The van der Waals surface area contributed by atoms with Crippen LogP contribution in [0.1, 0.15) is 43.7 Å². The molecule has 1 N–H and O–H groups in total. The molecule has 2 aromatic heterocycles. The molecular weight excluding hydrogens is 426 g/mol. The Morgan fingerprint density at radius 1 is 1.16 bits per heavy atom. The highest BCUT2D eigenvalue weighted by molar-refractivity contribution is 7.13. The third-order valence-electron chi connectivity index (χ3n) is 6.16. The summed E-state index contributed by atoms with van der Waals surface area (Å²) in [7, 11) is 0. The Hall–Kier alpha value is -3.33. The number of piperidine rings is 1. The van der Waals surface area contributed by atoms with Gasteiger partial charge in [-0.25, -0.2) is 0 Å². The largest absolute Gasteiger partial charge is 0.438 e. The van der Waals surface area contributed by atoms with Gasteiger partial charge < -0.3 is 15.0 Å². The van der Waals surface area contributed by atoms with Crippen LogP contribution in [0.5, 0.6) is 11.6 Å². The fourth-order valence-corrected chi connectivity index (χ4v) is 4.82. The molecule has 1 atom stereocenters. The molecule has 5 rings (SSSR count). The third-order valence-corrected chi connectivity index (χ3v) is 6.76. The molecule has 164 valence electrons. The van der Waals surface area contributed by atoms with E-state index in [0.29, 0.717) is 42.7 Å². The lowest BCUT2D eigenvalue weighted by atomic mass is 9.70. The van der Waals surface area contributed by atoms with E-state index < -0.39 is 5.41 Å². The lowest BCUT2D eigenvalue weighted by Crippen LogP contribution is -2.38. The highest BCUT2D eigenvalue weighted by atomic mass is 32.1. The number of carbonyl (C=O) groups is 2. The number of nitrogens with zero attached hydrogens (tertiary/aromatic N) is 4. The summed E-state index contributed by atoms with van der Waals surface area (Å²) in [6.07, 6.45) is 1.06. The van der Waals surface area contributed by atoms with Gasteiger partial charge in [-0.1, -0.05) is 43.4 Å². The van der Waals surface area contributed by atoms with E-state index >= 15 is 0 Å². The van der Waals surface area contributed by atoms with Crippen LogP contribution in [0.3, 0.4) is 0 Å². The molecule has 3 aromatic rings. The second-order valence-electron chi connectivity index (χ2n) is 8.58. The van der Waals surface area contributed by atoms with E-state index in [4.69, 9.17) is 9.72 Å². The molecule has 0 aliphatic carbocycles. The Balaban J connectivity index is 1.53. The Labute approximate surface area is 189 Å². The zero-order chi connectivity index (χ0) is 22.3. The van der Waals surface area contributed by atoms with Gasteiger partial charge in [-0.05, 0) is 18.2 Å². The maximum atomic E-state index is 13.3. The lowest BCUT2D eigenvalue weighted by Gasteiger charge is -2.38. The number of ketones is 1. The van der Waals surface area contributed by atoms with Gasteiger partial charge in [0.1, 0.15) is 22.9 Å². The number of fused-ring (bicyclic) bond motifs is 2. The molecule has 1 fully saturated rings. The van der Waals surface area contributed by atoms with E-state index in [1.807, 2.05) is 50.2 Å². The fraction of sp³-hybridized carbons (Fsp3) is 0.348. The Morgan fingerprint density at radius 2 is 1.94 bits per heavy atom. The van der Waals surface area contributed by atoms with E-state index in [2.05, 4.69) is 20.4 Å². The first-order valence-electron chi connectivity index (χ1n) is 10.6. The summed E-state index contributed by atoms with van der Waals surface area (Å²) >= 11 is 1.28. The van der Waals surface area contributed by atoms with Crippen molar-refractivity contribution in [2.24, 2.45) is 5.41 Å². The zero-order valence-corrected chi connectivity index (χ0v) is 18.7. The molecule has 32 heavy (non-hydrogen) atoms. The van der Waals surface area contributed by atoms with Gasteiger partial charge in [0.2, 0.25) is 16.9 Å². The van der Waals surface area contributed by atoms with Crippen molar-refractivity contribution in [3.63, 3.8) is 0 Å². The number of Topliss-reactive ketones (excluding diaryl/α,β-unsaturated/α-hetero) is 1. The number of hydrogen-bond donors (Lipinski definition) is 1. The van der Waals surface area contributed by atoms with Gasteiger partial charge in [0, 0.05) is 43.0 Å². The minimum absolute atomic E-state index is 0.152. The van der Waals surface area contributed by atoms with E-state index in [1.165, 1.54) is 11.3 Å². The van der Waals surface area contributed by atoms with Crippen molar-refractivity contribution in [1.29, 1.82) is 0 Å². The average Bonchev–Trinajstić information content (AvgIpc) is 3.30. The molecule has 4 heterocycles. The summed E-state index contributed by atoms with van der Waals surface area (Å²) in [5, 5.41) is 11.1. The van der Waals surface area contributed by atoms with Crippen LogP contribution >= 0.6 is 11.3 Å². The summed E-state index contributed by atoms with van der Waals surface area (Å²) in [6, 6.07) is 11.7. The van der Waals surface area contributed by atoms with Crippen LogP contribution < -0.4 is 15.0 Å². The molecule has 0 bridgehead atoms. The quantitative estimate of drug-likeness (QED) is 0.643. The number of rotatable bonds is 4. The molecule has 1 saturated heterocycles. The van der Waals surface area contributed by atoms with E-state index in [0.717, 1.165) is 16.9 Å². The SMILES string of the molecule is CC(C)(C(=O)Nc1nncs1)[C@@H]1c2ccccc2Oc2nc(N3CCC(=O)CC3)ccc21. The fourth-order valence-electron chi connectivity index (χ4n) is 4.38. The Bertz CT molecular complexity index is 1170. The molecule has 2 aliphatic rings. The highest BCUT2D eigenvalue weighted by Crippen LogP contribution is 2.52. The van der Waals surface area contributed by atoms with Crippen LogP contribution in [0.25, 0.3) is 0 Å². The van der Waals surface area contributed by atoms with Crippen LogP contribution in [0.15, 0.2) is 41.9 Å². The molecule has 0 spiro atoms. The van der Waals surface area contributed by atoms with Crippen molar-refractivity contribution >= 4 is 34.0 Å². The Kier molecular flexibility index (Phi) is 5.13. The second kappa shape index (κ2) is 7.98. The van der Waals surface area contributed by atoms with Gasteiger partial charge in [-0.15, -0.1) is 10.2 Å². The summed E-state index contributed by atoms with van der Waals surface area (Å²) in [6.45, 7) is 5.15. The van der Waals surface area contributed by atoms with Crippen molar-refractivity contribution < 1.29 is 14.3 Å². The number of ether oxygens (including phenoxy) is 1. The van der Waals surface area contributed by atoms with Crippen molar-refractivity contribution in [3.8, 4) is 11.6 Å². The summed E-state index contributed by atoms with van der Waals surface area (Å²) in [5.41, 5.74) is 2.57. The van der Waals surface area contributed by atoms with Gasteiger partial charge in [0.05, 0.1) is 5.41 Å². The molecule has 0 saturated carbocycles. The lowest BCUT2D eigenvalue weighted by molar-refractivity contribution is -0.124. The minimum Gasteiger partial charge on any atom is -0.438 e. The maximum Gasteiger partial charge on any atom is 0.232 e. The van der Waals surface area contributed by atoms with Crippen LogP contribution in [0.2, 0.25) is 0 Å². The number of carbonyl (C=O) groups excluding carboxylic acids is 2. The highest BCUT2D eigenvalue weighted by Gasteiger charge is 2.44. The predicted octanol–water partition coefficient (Wildman–Crippen LogP) is 4.00. The molecule has 0 unspecified atom stereocenters. The smallest absolute Gasteiger partial charge is 0.232 e. The van der Waals surface area contributed by atoms with Crippen LogP contribution in [-0.2, 0) is 9.59 Å². The van der Waals surface area contributed by atoms with Crippen LogP contribution in [0, 0.1) is 5.41 Å². The summed E-state index contributed by atoms with van der Waals surface area (Å²) in [4.78, 5) is 31.9. The van der Waals surface area contributed by atoms with Gasteiger partial charge in [-0.3, -0.25) is 9.59 Å². The zero-order valence-electron chi connectivity index (χ0n) is 17.9. The van der Waals surface area contributed by atoms with Crippen molar-refractivity contribution in [1.82, 2.24) is 15.2 Å². The van der Waals surface area contributed by atoms with E-state index in [1.54, 1.807) is 5.51 Å². The number of hydrogen-bond acceptors (Lipinski definition) is 8. The molecular formula is C23H23N5O3S. The normalized spacial score (nSPS) is 17.9. The first-order valence-corrected chi connectivity index (χ1v) is 11.4. The summed E-state index contributed by atoms with van der Waals surface area (Å²) < 4.78 is 6.18. The van der Waals surface area contributed by atoms with Crippen LogP contribution in [-0.4, -0.2) is 40.0 Å². The van der Waals surface area contributed by atoms with Gasteiger partial charge >= 0.3 is 0 Å². The third kappa shape index (κ3) is 3.62. The van der Waals surface area contributed by atoms with Crippen molar-refractivity contribution in [2.45, 2.75) is 32.6 Å². The first kappa shape index (κ1) is 20.6. The number of aromatic nitrogens is 3. The second-order valence-corrected chi connectivity index (χ2v) is 9.42. The average molecular weight is 450 g/mol. The van der Waals surface area contributed by atoms with Crippen LogP contribution in [0.4, 0.5) is 10.9 Å². The molecule has 2 aliphatic heterocycles. The van der Waals surface area contributed by atoms with Gasteiger partial charge in [-0.2, -0.15) is 4.98 Å². The predicted molar refractivity (Wildman–Crippen MR) is 121 cm³/mol. The summed E-state index contributed by atoms with van der Waals surface area (Å²) in [5.74, 6) is 1.85. The van der Waals surface area contributed by atoms with E-state index in [9.17, 15) is 9.59 Å². The number of pyridine rings is 1. The minimum atomic E-state index is -0.818. The number of anilines is 2. The molecule has 0 radical (unpaired) electrons. The standard InChI is InChI=1S/C23H23N5O3S/c1-23(2,21(30)26-22-27-24-13-32-22)19-15-5-3-4-6-17(15)31-20-16(19)7-8-18(25-20)28-11-9-14(29)10-12-28/h3-8,13,19H,9-12H2,1-2H3,(H,26,27,30)/t19-/m1/s1. The van der Waals surface area contributed by atoms with Gasteiger partial charge in [0.25, 0.3) is 0 Å². The Morgan fingerprint density at radius 3 is 2.69 bits per heavy atom. The molecule has 1 aromatic carbocycles. The number of amides is 1. The van der Waals surface area contributed by atoms with Crippen molar-refractivity contribution in [3.05, 3.63) is 53.0 Å². The van der Waals surface area contributed by atoms with E-state index in [-0.39, 0.29) is 17.6 Å².